The highest BCUT2D eigenvalue weighted by atomic mass is 35.5. The topological polar surface area (TPSA) is 33.7 Å². The Hall–Kier alpha value is -1.46. The van der Waals surface area contributed by atoms with E-state index in [4.69, 9.17) is 9.47 Å². The van der Waals surface area contributed by atoms with E-state index in [1.54, 1.807) is 7.11 Å². The van der Waals surface area contributed by atoms with Gasteiger partial charge in [0, 0.05) is 37.3 Å². The number of methoxy groups -OCH3 is 1. The van der Waals surface area contributed by atoms with Gasteiger partial charge in [0.05, 0.1) is 19.8 Å². The Morgan fingerprint density at radius 2 is 1.90 bits per heavy atom. The summed E-state index contributed by atoms with van der Waals surface area (Å²) in [6.07, 6.45) is 2.29. The van der Waals surface area contributed by atoms with Gasteiger partial charge in [-0.1, -0.05) is 31.2 Å². The molecule has 2 aliphatic rings. The van der Waals surface area contributed by atoms with Crippen LogP contribution in [0.25, 0.3) is 0 Å². The third-order valence-electron chi connectivity index (χ3n) is 6.07. The number of fused-ring (bicyclic) bond motifs is 1. The Kier molecular flexibility index (Phi) is 9.09. The van der Waals surface area contributed by atoms with E-state index in [-0.39, 0.29) is 30.9 Å². The van der Waals surface area contributed by atoms with Crippen LogP contribution < -0.4 is 15.0 Å². The Bertz CT molecular complexity index is 757. The van der Waals surface area contributed by atoms with E-state index in [1.165, 1.54) is 16.8 Å². The van der Waals surface area contributed by atoms with E-state index in [9.17, 15) is 0 Å². The molecular formula is C23H32Cl2N2O2. The number of anilines is 1. The van der Waals surface area contributed by atoms with E-state index in [2.05, 4.69) is 65.7 Å². The van der Waals surface area contributed by atoms with Crippen LogP contribution in [0.3, 0.4) is 0 Å². The molecule has 1 saturated heterocycles. The fourth-order valence-electron chi connectivity index (χ4n) is 4.67. The Morgan fingerprint density at radius 3 is 2.62 bits per heavy atom. The number of rotatable bonds is 5. The molecule has 0 saturated carbocycles. The number of halogens is 2. The molecule has 6 heteroatoms. The lowest BCUT2D eigenvalue weighted by atomic mass is 9.82. The highest BCUT2D eigenvalue weighted by molar-refractivity contribution is 5.85. The average molecular weight is 439 g/mol. The maximum atomic E-state index is 6.36. The molecule has 2 aliphatic heterocycles. The summed E-state index contributed by atoms with van der Waals surface area (Å²) in [6.45, 7) is 6.14. The molecule has 3 atom stereocenters. The molecule has 3 unspecified atom stereocenters. The summed E-state index contributed by atoms with van der Waals surface area (Å²) in [5, 5.41) is 3.61. The van der Waals surface area contributed by atoms with Crippen molar-refractivity contribution >= 4 is 30.5 Å². The SMILES string of the molecule is CCC(C1OCCc2ccccc21)C1CNCCN1c1ccc(OC)cc1.Cl.Cl. The van der Waals surface area contributed by atoms with E-state index >= 15 is 0 Å². The van der Waals surface area contributed by atoms with E-state index in [0.717, 1.165) is 44.8 Å². The highest BCUT2D eigenvalue weighted by Crippen LogP contribution is 2.39. The van der Waals surface area contributed by atoms with Crippen LogP contribution in [0.5, 0.6) is 5.75 Å². The molecule has 0 bridgehead atoms. The zero-order chi connectivity index (χ0) is 18.6. The second kappa shape index (κ2) is 11.1. The molecule has 4 nitrogen and oxygen atoms in total. The van der Waals surface area contributed by atoms with Crippen molar-refractivity contribution < 1.29 is 9.47 Å². The predicted octanol–water partition coefficient (Wildman–Crippen LogP) is 4.66. The second-order valence-corrected chi connectivity index (χ2v) is 7.48. The minimum Gasteiger partial charge on any atom is -0.497 e. The van der Waals surface area contributed by atoms with Gasteiger partial charge in [-0.3, -0.25) is 0 Å². The largest absolute Gasteiger partial charge is 0.497 e. The van der Waals surface area contributed by atoms with Gasteiger partial charge in [-0.25, -0.2) is 0 Å². The number of ether oxygens (including phenoxy) is 2. The van der Waals surface area contributed by atoms with Crippen LogP contribution in [0.1, 0.15) is 30.6 Å². The van der Waals surface area contributed by atoms with Crippen LogP contribution in [-0.4, -0.2) is 39.4 Å². The van der Waals surface area contributed by atoms with Crippen LogP contribution in [0.4, 0.5) is 5.69 Å². The molecule has 160 valence electrons. The van der Waals surface area contributed by atoms with Crippen molar-refractivity contribution in [1.29, 1.82) is 0 Å². The van der Waals surface area contributed by atoms with Crippen LogP contribution in [0.15, 0.2) is 48.5 Å². The molecule has 4 rings (SSSR count). The van der Waals surface area contributed by atoms with Gasteiger partial charge in [0.25, 0.3) is 0 Å². The highest BCUT2D eigenvalue weighted by Gasteiger charge is 2.37. The molecule has 2 heterocycles. The first kappa shape index (κ1) is 23.8. The minimum absolute atomic E-state index is 0. The van der Waals surface area contributed by atoms with Crippen LogP contribution in [-0.2, 0) is 11.2 Å². The quantitative estimate of drug-likeness (QED) is 0.735. The zero-order valence-electron chi connectivity index (χ0n) is 17.2. The first-order valence-electron chi connectivity index (χ1n) is 10.1. The standard InChI is InChI=1S/C23H30N2O2.2ClH/c1-3-20(23-21-7-5-4-6-17(21)12-15-27-23)22-16-24-13-14-25(22)18-8-10-19(26-2)11-9-18;;/h4-11,20,22-24H,3,12-16H2,1-2H3;2*1H. The number of benzene rings is 2. The number of nitrogens with one attached hydrogen (secondary N) is 1. The summed E-state index contributed by atoms with van der Waals surface area (Å²) in [5.74, 6) is 1.35. The van der Waals surface area contributed by atoms with Gasteiger partial charge >= 0.3 is 0 Å². The summed E-state index contributed by atoms with van der Waals surface area (Å²) >= 11 is 0. The van der Waals surface area contributed by atoms with Crippen molar-refractivity contribution in [2.45, 2.75) is 31.9 Å². The average Bonchev–Trinajstić information content (AvgIpc) is 2.75. The molecule has 2 aromatic carbocycles. The fraction of sp³-hybridized carbons (Fsp3) is 0.478. The van der Waals surface area contributed by atoms with Crippen LogP contribution >= 0.6 is 24.8 Å². The summed E-state index contributed by atoms with van der Waals surface area (Å²) in [4.78, 5) is 2.56. The first-order chi connectivity index (χ1) is 13.3. The number of piperazine rings is 1. The van der Waals surface area contributed by atoms with Crippen LogP contribution in [0, 0.1) is 5.92 Å². The molecular weight excluding hydrogens is 407 g/mol. The fourth-order valence-corrected chi connectivity index (χ4v) is 4.67. The van der Waals surface area contributed by atoms with Gasteiger partial charge in [-0.05, 0) is 48.2 Å². The summed E-state index contributed by atoms with van der Waals surface area (Å²) < 4.78 is 11.7. The molecule has 0 aromatic heterocycles. The molecule has 0 amide bonds. The Balaban J connectivity index is 0.00000150. The summed E-state index contributed by atoms with van der Waals surface area (Å²) in [7, 11) is 1.72. The zero-order valence-corrected chi connectivity index (χ0v) is 18.8. The Morgan fingerprint density at radius 1 is 1.14 bits per heavy atom. The van der Waals surface area contributed by atoms with E-state index in [0.29, 0.717) is 12.0 Å². The molecule has 0 radical (unpaired) electrons. The van der Waals surface area contributed by atoms with Crippen molar-refractivity contribution in [3.63, 3.8) is 0 Å². The van der Waals surface area contributed by atoms with Gasteiger partial charge < -0.3 is 19.7 Å². The van der Waals surface area contributed by atoms with Gasteiger partial charge in [0.2, 0.25) is 0 Å². The molecule has 0 spiro atoms. The third kappa shape index (κ3) is 5.00. The summed E-state index contributed by atoms with van der Waals surface area (Å²) in [5.41, 5.74) is 4.10. The van der Waals surface area contributed by atoms with Gasteiger partial charge in [0.15, 0.2) is 0 Å². The van der Waals surface area contributed by atoms with Gasteiger partial charge in [-0.15, -0.1) is 24.8 Å². The lowest BCUT2D eigenvalue weighted by Gasteiger charge is -2.45. The first-order valence-corrected chi connectivity index (χ1v) is 10.1. The number of hydrogen-bond acceptors (Lipinski definition) is 4. The molecule has 1 fully saturated rings. The molecule has 2 aromatic rings. The predicted molar refractivity (Wildman–Crippen MR) is 124 cm³/mol. The van der Waals surface area contributed by atoms with Crippen molar-refractivity contribution in [2.75, 3.05) is 38.3 Å². The Labute approximate surface area is 186 Å². The molecule has 1 N–H and O–H groups in total. The minimum atomic E-state index is 0. The second-order valence-electron chi connectivity index (χ2n) is 7.48. The van der Waals surface area contributed by atoms with Crippen molar-refractivity contribution in [3.05, 3.63) is 59.7 Å². The third-order valence-corrected chi connectivity index (χ3v) is 6.07. The van der Waals surface area contributed by atoms with Crippen molar-refractivity contribution in [1.82, 2.24) is 5.32 Å². The smallest absolute Gasteiger partial charge is 0.119 e. The van der Waals surface area contributed by atoms with Gasteiger partial charge in [0.1, 0.15) is 5.75 Å². The maximum absolute atomic E-state index is 6.36. The normalized spacial score (nSPS) is 21.9. The number of nitrogens with zero attached hydrogens (tertiary/aromatic N) is 1. The summed E-state index contributed by atoms with van der Waals surface area (Å²) in [6, 6.07) is 17.7. The van der Waals surface area contributed by atoms with Gasteiger partial charge in [-0.2, -0.15) is 0 Å². The molecule has 0 aliphatic carbocycles. The molecule has 29 heavy (non-hydrogen) atoms. The van der Waals surface area contributed by atoms with Crippen LogP contribution in [0.2, 0.25) is 0 Å². The monoisotopic (exact) mass is 438 g/mol. The van der Waals surface area contributed by atoms with Crippen molar-refractivity contribution in [2.24, 2.45) is 5.92 Å². The van der Waals surface area contributed by atoms with E-state index < -0.39 is 0 Å². The number of hydrogen-bond donors (Lipinski definition) is 1. The van der Waals surface area contributed by atoms with E-state index in [1.807, 2.05) is 0 Å². The lowest BCUT2D eigenvalue weighted by molar-refractivity contribution is -0.0102. The lowest BCUT2D eigenvalue weighted by Crippen LogP contribution is -2.56. The van der Waals surface area contributed by atoms with Crippen molar-refractivity contribution in [3.8, 4) is 5.75 Å². The maximum Gasteiger partial charge on any atom is 0.119 e.